The number of aromatic amines is 1. The zero-order valence-corrected chi connectivity index (χ0v) is 17.5. The maximum atomic E-state index is 12.1. The fraction of sp³-hybridized carbons (Fsp3) is 0.130. The Morgan fingerprint density at radius 3 is 2.63 bits per heavy atom. The van der Waals surface area contributed by atoms with E-state index in [0.717, 1.165) is 39.7 Å². The Labute approximate surface area is 178 Å². The Morgan fingerprint density at radius 2 is 1.93 bits per heavy atom. The number of nitrogens with zero attached hydrogens (tertiary/aromatic N) is 1. The quantitative estimate of drug-likeness (QED) is 0.453. The molecule has 2 heterocycles. The Balaban J connectivity index is 1.48. The van der Waals surface area contributed by atoms with Gasteiger partial charge in [-0.15, -0.1) is 11.3 Å². The van der Waals surface area contributed by atoms with E-state index in [1.165, 1.54) is 11.3 Å². The molecule has 1 amide bonds. The number of ether oxygens (including phenoxy) is 2. The van der Waals surface area contributed by atoms with Gasteiger partial charge in [-0.3, -0.25) is 4.79 Å². The average molecular weight is 420 g/mol. The van der Waals surface area contributed by atoms with E-state index < -0.39 is 0 Å². The third-order valence-corrected chi connectivity index (χ3v) is 5.57. The molecule has 0 aliphatic rings. The third-order valence-electron chi connectivity index (χ3n) is 4.70. The highest BCUT2D eigenvalue weighted by atomic mass is 32.1. The number of rotatable bonds is 7. The molecule has 7 heteroatoms. The number of H-pyrrole nitrogens is 1. The second-order valence-corrected chi connectivity index (χ2v) is 7.52. The average Bonchev–Trinajstić information content (AvgIpc) is 3.50. The molecule has 0 bridgehead atoms. The van der Waals surface area contributed by atoms with Crippen molar-refractivity contribution in [3.8, 4) is 34.1 Å². The molecular weight excluding hydrogens is 398 g/mol. The minimum atomic E-state index is -0.0583. The van der Waals surface area contributed by atoms with Gasteiger partial charge in [0, 0.05) is 17.7 Å². The van der Waals surface area contributed by atoms with E-state index in [4.69, 9.17) is 9.47 Å². The first kappa shape index (κ1) is 19.7. The van der Waals surface area contributed by atoms with Crippen molar-refractivity contribution in [2.45, 2.75) is 6.54 Å². The number of hydrogen-bond donors (Lipinski definition) is 2. The van der Waals surface area contributed by atoms with Crippen LogP contribution in [0.4, 0.5) is 0 Å². The van der Waals surface area contributed by atoms with Crippen LogP contribution >= 0.6 is 11.3 Å². The van der Waals surface area contributed by atoms with Crippen LogP contribution in [0.2, 0.25) is 0 Å². The molecule has 2 aromatic heterocycles. The van der Waals surface area contributed by atoms with E-state index >= 15 is 0 Å². The van der Waals surface area contributed by atoms with Crippen molar-refractivity contribution >= 4 is 17.2 Å². The molecule has 30 heavy (non-hydrogen) atoms. The minimum absolute atomic E-state index is 0.0583. The lowest BCUT2D eigenvalue weighted by molar-refractivity contribution is 0.0955. The number of thiophene rings is 1. The number of benzene rings is 2. The van der Waals surface area contributed by atoms with Crippen molar-refractivity contribution in [3.63, 3.8) is 0 Å². The molecule has 4 rings (SSSR count). The molecule has 2 N–H and O–H groups in total. The predicted molar refractivity (Wildman–Crippen MR) is 118 cm³/mol. The van der Waals surface area contributed by atoms with Crippen molar-refractivity contribution in [3.05, 3.63) is 76.6 Å². The van der Waals surface area contributed by atoms with E-state index in [9.17, 15) is 4.79 Å². The molecule has 152 valence electrons. The fourth-order valence-electron chi connectivity index (χ4n) is 3.09. The van der Waals surface area contributed by atoms with Gasteiger partial charge in [0.1, 0.15) is 17.3 Å². The molecule has 0 spiro atoms. The van der Waals surface area contributed by atoms with Gasteiger partial charge in [-0.2, -0.15) is 0 Å². The highest BCUT2D eigenvalue weighted by Gasteiger charge is 2.12. The smallest absolute Gasteiger partial charge is 0.261 e. The summed E-state index contributed by atoms with van der Waals surface area (Å²) in [7, 11) is 3.27. The van der Waals surface area contributed by atoms with Crippen LogP contribution in [-0.2, 0) is 6.54 Å². The second-order valence-electron chi connectivity index (χ2n) is 6.57. The van der Waals surface area contributed by atoms with E-state index in [2.05, 4.69) is 15.3 Å². The normalized spacial score (nSPS) is 10.6. The number of imidazole rings is 1. The number of nitrogens with one attached hydrogen (secondary N) is 2. The maximum absolute atomic E-state index is 12.1. The second kappa shape index (κ2) is 8.84. The van der Waals surface area contributed by atoms with Gasteiger partial charge >= 0.3 is 0 Å². The van der Waals surface area contributed by atoms with Gasteiger partial charge < -0.3 is 19.8 Å². The number of amides is 1. The topological polar surface area (TPSA) is 76.2 Å². The summed E-state index contributed by atoms with van der Waals surface area (Å²) in [6, 6.07) is 17.3. The first-order valence-electron chi connectivity index (χ1n) is 9.36. The van der Waals surface area contributed by atoms with Gasteiger partial charge in [-0.25, -0.2) is 4.98 Å². The van der Waals surface area contributed by atoms with Gasteiger partial charge in [0.25, 0.3) is 5.91 Å². The van der Waals surface area contributed by atoms with Crippen LogP contribution in [0.3, 0.4) is 0 Å². The monoisotopic (exact) mass is 419 g/mol. The van der Waals surface area contributed by atoms with Gasteiger partial charge in [0.05, 0.1) is 31.0 Å². The molecule has 0 saturated heterocycles. The van der Waals surface area contributed by atoms with Crippen LogP contribution in [0.25, 0.3) is 22.6 Å². The van der Waals surface area contributed by atoms with E-state index in [1.54, 1.807) is 20.4 Å². The number of hydrogen-bond acceptors (Lipinski definition) is 5. The summed E-state index contributed by atoms with van der Waals surface area (Å²) in [5.74, 6) is 2.18. The molecule has 0 radical (unpaired) electrons. The zero-order chi connectivity index (χ0) is 20.9. The van der Waals surface area contributed by atoms with Crippen molar-refractivity contribution < 1.29 is 14.3 Å². The van der Waals surface area contributed by atoms with Gasteiger partial charge in [-0.1, -0.05) is 30.3 Å². The summed E-state index contributed by atoms with van der Waals surface area (Å²) in [6.45, 7) is 0.474. The summed E-state index contributed by atoms with van der Waals surface area (Å²) < 4.78 is 10.8. The van der Waals surface area contributed by atoms with Gasteiger partial charge in [0.2, 0.25) is 0 Å². The summed E-state index contributed by atoms with van der Waals surface area (Å²) in [5, 5.41) is 4.82. The lowest BCUT2D eigenvalue weighted by Gasteiger charge is -2.09. The standard InChI is InChI=1S/C23H21N3O3S/c1-28-17-9-10-20(29-2)18(12-17)19-14-24-22(26-19)16-7-5-15(6-8-16)13-25-23(27)21-4-3-11-30-21/h3-12,14H,13H2,1-2H3,(H,24,26)(H,25,27). The number of carbonyl (C=O) groups is 1. The van der Waals surface area contributed by atoms with Crippen LogP contribution in [0.15, 0.2) is 66.2 Å². The molecule has 0 fully saturated rings. The van der Waals surface area contributed by atoms with Crippen LogP contribution in [-0.4, -0.2) is 30.1 Å². The molecule has 4 aromatic rings. The molecular formula is C23H21N3O3S. The van der Waals surface area contributed by atoms with Crippen molar-refractivity contribution in [2.75, 3.05) is 14.2 Å². The van der Waals surface area contributed by atoms with Crippen LogP contribution in [0, 0.1) is 0 Å². The lowest BCUT2D eigenvalue weighted by atomic mass is 10.1. The molecule has 0 saturated carbocycles. The summed E-state index contributed by atoms with van der Waals surface area (Å²) in [4.78, 5) is 20.6. The summed E-state index contributed by atoms with van der Waals surface area (Å²) in [6.07, 6.45) is 1.78. The maximum Gasteiger partial charge on any atom is 0.261 e. The molecule has 0 unspecified atom stereocenters. The summed E-state index contributed by atoms with van der Waals surface area (Å²) in [5.41, 5.74) is 3.69. The zero-order valence-electron chi connectivity index (χ0n) is 16.6. The highest BCUT2D eigenvalue weighted by Crippen LogP contribution is 2.33. The minimum Gasteiger partial charge on any atom is -0.497 e. The molecule has 6 nitrogen and oxygen atoms in total. The van der Waals surface area contributed by atoms with Crippen LogP contribution in [0.5, 0.6) is 11.5 Å². The van der Waals surface area contributed by atoms with Crippen molar-refractivity contribution in [2.24, 2.45) is 0 Å². The summed E-state index contributed by atoms with van der Waals surface area (Å²) >= 11 is 1.43. The lowest BCUT2D eigenvalue weighted by Crippen LogP contribution is -2.21. The van der Waals surface area contributed by atoms with Crippen molar-refractivity contribution in [1.82, 2.24) is 15.3 Å². The van der Waals surface area contributed by atoms with Crippen LogP contribution < -0.4 is 14.8 Å². The fourth-order valence-corrected chi connectivity index (χ4v) is 3.73. The number of methoxy groups -OCH3 is 2. The predicted octanol–water partition coefficient (Wildman–Crippen LogP) is 4.75. The first-order chi connectivity index (χ1) is 14.7. The molecule has 0 atom stereocenters. The van der Waals surface area contributed by atoms with E-state index in [1.807, 2.05) is 60.0 Å². The number of aromatic nitrogens is 2. The Kier molecular flexibility index (Phi) is 5.81. The third kappa shape index (κ3) is 4.21. The Bertz CT molecular complexity index is 1130. The first-order valence-corrected chi connectivity index (χ1v) is 10.2. The molecule has 2 aromatic carbocycles. The van der Waals surface area contributed by atoms with E-state index in [0.29, 0.717) is 11.4 Å². The highest BCUT2D eigenvalue weighted by molar-refractivity contribution is 7.12. The largest absolute Gasteiger partial charge is 0.497 e. The number of carbonyl (C=O) groups excluding carboxylic acids is 1. The Hall–Kier alpha value is -3.58. The molecule has 0 aliphatic heterocycles. The van der Waals surface area contributed by atoms with Crippen molar-refractivity contribution in [1.29, 1.82) is 0 Å². The van der Waals surface area contributed by atoms with Crippen LogP contribution in [0.1, 0.15) is 15.2 Å². The Morgan fingerprint density at radius 1 is 1.10 bits per heavy atom. The SMILES string of the molecule is COc1ccc(OC)c(-c2cnc(-c3ccc(CNC(=O)c4cccs4)cc3)[nH]2)c1. The van der Waals surface area contributed by atoms with Gasteiger partial charge in [-0.05, 0) is 35.2 Å². The molecule has 0 aliphatic carbocycles. The van der Waals surface area contributed by atoms with E-state index in [-0.39, 0.29) is 5.91 Å². The van der Waals surface area contributed by atoms with Gasteiger partial charge in [0.15, 0.2) is 0 Å².